The van der Waals surface area contributed by atoms with Gasteiger partial charge in [0, 0.05) is 12.8 Å². The van der Waals surface area contributed by atoms with E-state index in [4.69, 9.17) is 4.74 Å². The highest BCUT2D eigenvalue weighted by Crippen LogP contribution is 2.19. The van der Waals surface area contributed by atoms with Gasteiger partial charge in [0.25, 0.3) is 0 Å². The minimum Gasteiger partial charge on any atom is -0.494 e. The smallest absolute Gasteiger partial charge is 0.230 e. The van der Waals surface area contributed by atoms with Gasteiger partial charge in [0.2, 0.25) is 16.9 Å². The molecule has 0 fully saturated rings. The molecular formula is C27H32N6O3S. The largest absolute Gasteiger partial charge is 0.494 e. The van der Waals surface area contributed by atoms with Gasteiger partial charge in [-0.05, 0) is 61.9 Å². The summed E-state index contributed by atoms with van der Waals surface area (Å²) >= 11 is 1.39. The van der Waals surface area contributed by atoms with Crippen molar-refractivity contribution in [2.75, 3.05) is 17.2 Å². The van der Waals surface area contributed by atoms with Crippen LogP contribution in [0.3, 0.4) is 0 Å². The molecule has 0 aliphatic carbocycles. The molecule has 0 spiro atoms. The topological polar surface area (TPSA) is 119 Å². The molecule has 2 aromatic heterocycles. The van der Waals surface area contributed by atoms with E-state index in [0.717, 1.165) is 60.5 Å². The van der Waals surface area contributed by atoms with E-state index in [1.54, 1.807) is 6.07 Å². The summed E-state index contributed by atoms with van der Waals surface area (Å²) in [6.07, 6.45) is 9.04. The number of nitrogens with zero attached hydrogens (tertiary/aromatic N) is 4. The molecule has 3 aromatic rings. The molecule has 0 unspecified atom stereocenters. The summed E-state index contributed by atoms with van der Waals surface area (Å²) in [5.74, 6) is 0.872. The van der Waals surface area contributed by atoms with Crippen LogP contribution in [0.5, 0.6) is 5.75 Å². The Morgan fingerprint density at radius 3 is 2.57 bits per heavy atom. The number of rotatable bonds is 16. The number of unbranched alkanes of at least 4 members (excludes halogenated alkanes) is 2. The summed E-state index contributed by atoms with van der Waals surface area (Å²) in [4.78, 5) is 24.0. The molecule has 1 aromatic carbocycles. The lowest BCUT2D eigenvalue weighted by Gasteiger charge is -2.07. The molecule has 9 nitrogen and oxygen atoms in total. The first-order valence-corrected chi connectivity index (χ1v) is 13.1. The van der Waals surface area contributed by atoms with Crippen molar-refractivity contribution in [1.82, 2.24) is 20.4 Å². The number of carbonyl (C=O) groups excluding carboxylic acids is 2. The third kappa shape index (κ3) is 10.3. The molecule has 2 amide bonds. The highest BCUT2D eigenvalue weighted by molar-refractivity contribution is 7.15. The quantitative estimate of drug-likeness (QED) is 0.203. The normalized spacial score (nSPS) is 10.5. The van der Waals surface area contributed by atoms with Crippen LogP contribution in [0.15, 0.2) is 61.7 Å². The number of ether oxygens (including phenoxy) is 1. The average Bonchev–Trinajstić information content (AvgIpc) is 3.32. The summed E-state index contributed by atoms with van der Waals surface area (Å²) in [5.41, 5.74) is 1.73. The molecule has 3 rings (SSSR count). The molecule has 2 N–H and O–H groups in total. The fourth-order valence-electron chi connectivity index (χ4n) is 3.38. The van der Waals surface area contributed by atoms with Gasteiger partial charge < -0.3 is 15.4 Å². The Morgan fingerprint density at radius 2 is 1.78 bits per heavy atom. The highest BCUT2D eigenvalue weighted by Gasteiger charge is 2.10. The SMILES string of the molecule is C=CCCCOc1cccc(CC(=O)Nc2nnc(CCCCc3ccc(NC(=O)CC=C)nn3)s2)c1. The lowest BCUT2D eigenvalue weighted by Crippen LogP contribution is -2.14. The van der Waals surface area contributed by atoms with Crippen LogP contribution in [0.1, 0.15) is 48.4 Å². The monoisotopic (exact) mass is 520 g/mol. The number of hydrogen-bond donors (Lipinski definition) is 2. The van der Waals surface area contributed by atoms with E-state index >= 15 is 0 Å². The maximum atomic E-state index is 12.5. The number of anilines is 2. The van der Waals surface area contributed by atoms with Crippen molar-refractivity contribution in [3.05, 3.63) is 78.0 Å². The second kappa shape index (κ2) is 15.2. The highest BCUT2D eigenvalue weighted by atomic mass is 32.1. The van der Waals surface area contributed by atoms with E-state index in [0.29, 0.717) is 17.6 Å². The van der Waals surface area contributed by atoms with Gasteiger partial charge in [0.05, 0.1) is 18.7 Å². The number of carbonyl (C=O) groups is 2. The number of benzene rings is 1. The lowest BCUT2D eigenvalue weighted by atomic mass is 10.1. The predicted molar refractivity (Wildman–Crippen MR) is 146 cm³/mol. The maximum absolute atomic E-state index is 12.5. The molecule has 2 heterocycles. The number of hydrogen-bond acceptors (Lipinski definition) is 8. The first-order valence-electron chi connectivity index (χ1n) is 12.2. The molecular weight excluding hydrogens is 488 g/mol. The van der Waals surface area contributed by atoms with Gasteiger partial charge in [0.1, 0.15) is 10.8 Å². The van der Waals surface area contributed by atoms with Crippen LogP contribution in [0.25, 0.3) is 0 Å². The number of amides is 2. The molecule has 0 saturated heterocycles. The van der Waals surface area contributed by atoms with Gasteiger partial charge in [0.15, 0.2) is 5.82 Å². The number of nitrogens with one attached hydrogen (secondary N) is 2. The second-order valence-corrected chi connectivity index (χ2v) is 9.37. The summed E-state index contributed by atoms with van der Waals surface area (Å²) < 4.78 is 5.73. The van der Waals surface area contributed by atoms with Crippen molar-refractivity contribution in [3.8, 4) is 5.75 Å². The van der Waals surface area contributed by atoms with Crippen molar-refractivity contribution in [2.24, 2.45) is 0 Å². The minimum atomic E-state index is -0.168. The predicted octanol–water partition coefficient (Wildman–Crippen LogP) is 4.93. The van der Waals surface area contributed by atoms with Crippen molar-refractivity contribution >= 4 is 34.1 Å². The van der Waals surface area contributed by atoms with E-state index < -0.39 is 0 Å². The standard InChI is InChI=1S/C27H32N6O3S/c1-3-5-8-17-36-22-13-9-11-20(18-22)19-25(35)29-27-33-32-26(37-27)14-7-6-12-21-15-16-23(31-30-21)28-24(34)10-4-2/h3-4,9,11,13,15-16,18H,1-2,5-8,10,12,14,17,19H2,(H,28,31,34)(H,29,33,35). The molecule has 0 aliphatic rings. The van der Waals surface area contributed by atoms with Gasteiger partial charge in [-0.25, -0.2) is 0 Å². The Balaban J connectivity index is 1.36. The van der Waals surface area contributed by atoms with Gasteiger partial charge in [-0.1, -0.05) is 35.6 Å². The van der Waals surface area contributed by atoms with Gasteiger partial charge in [-0.3, -0.25) is 9.59 Å². The minimum absolute atomic E-state index is 0.144. The van der Waals surface area contributed by atoms with E-state index in [1.165, 1.54) is 17.4 Å². The van der Waals surface area contributed by atoms with Crippen LogP contribution in [-0.4, -0.2) is 38.8 Å². The molecule has 0 aliphatic heterocycles. The zero-order chi connectivity index (χ0) is 26.3. The number of aryl methyl sites for hydroxylation is 2. The molecule has 0 atom stereocenters. The Kier molecular flexibility index (Phi) is 11.4. The van der Waals surface area contributed by atoms with Gasteiger partial charge in [-0.15, -0.1) is 28.5 Å². The number of aromatic nitrogens is 4. The van der Waals surface area contributed by atoms with Gasteiger partial charge >= 0.3 is 0 Å². The van der Waals surface area contributed by atoms with Crippen molar-refractivity contribution < 1.29 is 14.3 Å². The van der Waals surface area contributed by atoms with E-state index in [-0.39, 0.29) is 24.7 Å². The maximum Gasteiger partial charge on any atom is 0.230 e. The van der Waals surface area contributed by atoms with Crippen LogP contribution in [-0.2, 0) is 28.9 Å². The molecule has 37 heavy (non-hydrogen) atoms. The summed E-state index contributed by atoms with van der Waals surface area (Å²) in [6, 6.07) is 11.2. The Morgan fingerprint density at radius 1 is 0.919 bits per heavy atom. The zero-order valence-corrected chi connectivity index (χ0v) is 21.6. The Bertz CT molecular complexity index is 1180. The van der Waals surface area contributed by atoms with Crippen molar-refractivity contribution in [3.63, 3.8) is 0 Å². The first-order chi connectivity index (χ1) is 18.1. The average molecular weight is 521 g/mol. The summed E-state index contributed by atoms with van der Waals surface area (Å²) in [6.45, 7) is 7.86. The molecule has 194 valence electrons. The third-order valence-corrected chi connectivity index (χ3v) is 6.09. The van der Waals surface area contributed by atoms with Crippen LogP contribution in [0, 0.1) is 0 Å². The second-order valence-electron chi connectivity index (χ2n) is 8.31. The van der Waals surface area contributed by atoms with E-state index in [9.17, 15) is 9.59 Å². The Labute approximate surface area is 221 Å². The summed E-state index contributed by atoms with van der Waals surface area (Å²) in [5, 5.41) is 23.4. The van der Waals surface area contributed by atoms with Crippen molar-refractivity contribution in [1.29, 1.82) is 0 Å². The fraction of sp³-hybridized carbons (Fsp3) is 0.333. The van der Waals surface area contributed by atoms with Crippen LogP contribution in [0.4, 0.5) is 10.9 Å². The molecule has 0 bridgehead atoms. The van der Waals surface area contributed by atoms with E-state index in [2.05, 4.69) is 44.2 Å². The van der Waals surface area contributed by atoms with Crippen LogP contribution in [0.2, 0.25) is 0 Å². The van der Waals surface area contributed by atoms with Gasteiger partial charge in [-0.2, -0.15) is 5.10 Å². The molecule has 0 saturated carbocycles. The number of allylic oxidation sites excluding steroid dienone is 1. The third-order valence-electron chi connectivity index (χ3n) is 5.19. The van der Waals surface area contributed by atoms with Crippen LogP contribution >= 0.6 is 11.3 Å². The first kappa shape index (κ1) is 27.7. The zero-order valence-electron chi connectivity index (χ0n) is 20.8. The summed E-state index contributed by atoms with van der Waals surface area (Å²) in [7, 11) is 0. The fourth-order valence-corrected chi connectivity index (χ4v) is 4.18. The molecule has 0 radical (unpaired) electrons. The Hall–Kier alpha value is -3.92. The van der Waals surface area contributed by atoms with Crippen LogP contribution < -0.4 is 15.4 Å². The van der Waals surface area contributed by atoms with Crippen molar-refractivity contribution in [2.45, 2.75) is 51.4 Å². The van der Waals surface area contributed by atoms with E-state index in [1.807, 2.05) is 36.4 Å². The molecule has 10 heteroatoms. The lowest BCUT2D eigenvalue weighted by molar-refractivity contribution is -0.116.